The van der Waals surface area contributed by atoms with E-state index < -0.39 is 4.92 Å². The van der Waals surface area contributed by atoms with Gasteiger partial charge in [0.1, 0.15) is 0 Å². The first-order valence-electron chi connectivity index (χ1n) is 6.45. The zero-order chi connectivity index (χ0) is 13.7. The first-order valence-corrected chi connectivity index (χ1v) is 6.45. The Bertz CT molecular complexity index is 464. The second-order valence-corrected chi connectivity index (χ2v) is 4.65. The highest BCUT2D eigenvalue weighted by molar-refractivity contribution is 5.78. The quantitative estimate of drug-likeness (QED) is 0.390. The van der Waals surface area contributed by atoms with Crippen molar-refractivity contribution < 1.29 is 4.92 Å². The highest BCUT2D eigenvalue weighted by Crippen LogP contribution is 2.13. The molecule has 2 N–H and O–H groups in total. The van der Waals surface area contributed by atoms with Gasteiger partial charge in [-0.2, -0.15) is 0 Å². The number of guanidine groups is 1. The molecule has 0 unspecified atom stereocenters. The molecule has 19 heavy (non-hydrogen) atoms. The molecule has 0 spiro atoms. The molecule has 102 valence electrons. The molecule has 0 bridgehead atoms. The van der Waals surface area contributed by atoms with E-state index in [0.717, 1.165) is 31.5 Å². The molecule has 2 rings (SSSR count). The number of hydrogen-bond acceptors (Lipinski definition) is 3. The van der Waals surface area contributed by atoms with E-state index in [1.807, 2.05) is 0 Å². The van der Waals surface area contributed by atoms with Gasteiger partial charge in [-0.3, -0.25) is 10.1 Å². The molecule has 1 heterocycles. The van der Waals surface area contributed by atoms with Crippen LogP contribution in [0.5, 0.6) is 0 Å². The first-order chi connectivity index (χ1) is 9.16. The van der Waals surface area contributed by atoms with Crippen molar-refractivity contribution in [3.63, 3.8) is 0 Å². The van der Waals surface area contributed by atoms with Gasteiger partial charge in [-0.1, -0.05) is 12.1 Å². The van der Waals surface area contributed by atoms with E-state index in [9.17, 15) is 10.1 Å². The van der Waals surface area contributed by atoms with Crippen molar-refractivity contribution in [1.29, 1.82) is 0 Å². The minimum Gasteiger partial charge on any atom is -0.370 e. The molecule has 6 heteroatoms. The number of hydrogen-bond donors (Lipinski definition) is 1. The molecular formula is C13H18N4O2. The number of nitrogens with zero attached hydrogens (tertiary/aromatic N) is 3. The fraction of sp³-hybridized carbons (Fsp3) is 0.462. The summed E-state index contributed by atoms with van der Waals surface area (Å²) in [4.78, 5) is 16.6. The van der Waals surface area contributed by atoms with Crippen molar-refractivity contribution in [2.24, 2.45) is 10.7 Å². The minimum atomic E-state index is -0.408. The molecule has 1 aromatic carbocycles. The summed E-state index contributed by atoms with van der Waals surface area (Å²) < 4.78 is 0. The monoisotopic (exact) mass is 262 g/mol. The Hall–Kier alpha value is -2.11. The summed E-state index contributed by atoms with van der Waals surface area (Å²) in [6, 6.07) is 6.40. The standard InChI is InChI=1S/C13H18N4O2/c14-13(16-8-2-1-3-9-16)15-10-11-4-6-12(7-5-11)17(18)19/h4-7H,1-3,8-10H2,(H2,14,15). The summed E-state index contributed by atoms with van der Waals surface area (Å²) in [6.45, 7) is 2.39. The molecule has 0 aliphatic carbocycles. The smallest absolute Gasteiger partial charge is 0.269 e. The number of nitro benzene ring substituents is 1. The molecule has 1 aliphatic heterocycles. The Morgan fingerprint density at radius 1 is 1.26 bits per heavy atom. The van der Waals surface area contributed by atoms with Crippen LogP contribution < -0.4 is 5.73 Å². The molecule has 1 saturated heterocycles. The molecule has 0 aromatic heterocycles. The Labute approximate surface area is 112 Å². The van der Waals surface area contributed by atoms with Gasteiger partial charge in [0.25, 0.3) is 5.69 Å². The average molecular weight is 262 g/mol. The van der Waals surface area contributed by atoms with E-state index in [2.05, 4.69) is 9.89 Å². The lowest BCUT2D eigenvalue weighted by Crippen LogP contribution is -2.40. The maximum Gasteiger partial charge on any atom is 0.269 e. The lowest BCUT2D eigenvalue weighted by atomic mass is 10.1. The number of aliphatic imine (C=N–C) groups is 1. The maximum absolute atomic E-state index is 10.5. The number of rotatable bonds is 3. The van der Waals surface area contributed by atoms with Crippen LogP contribution in [-0.4, -0.2) is 28.9 Å². The Balaban J connectivity index is 1.94. The van der Waals surface area contributed by atoms with Crippen molar-refractivity contribution in [3.05, 3.63) is 39.9 Å². The maximum atomic E-state index is 10.5. The fourth-order valence-corrected chi connectivity index (χ4v) is 2.12. The third-order valence-corrected chi connectivity index (χ3v) is 3.25. The van der Waals surface area contributed by atoms with Crippen molar-refractivity contribution in [1.82, 2.24) is 4.90 Å². The number of piperidine rings is 1. The lowest BCUT2D eigenvalue weighted by molar-refractivity contribution is -0.384. The molecule has 0 atom stereocenters. The van der Waals surface area contributed by atoms with Crippen LogP contribution in [0.4, 0.5) is 5.69 Å². The molecule has 0 amide bonds. The van der Waals surface area contributed by atoms with E-state index in [-0.39, 0.29) is 5.69 Å². The summed E-state index contributed by atoms with van der Waals surface area (Å²) in [5.41, 5.74) is 6.96. The van der Waals surface area contributed by atoms with Gasteiger partial charge in [0.2, 0.25) is 0 Å². The second-order valence-electron chi connectivity index (χ2n) is 4.65. The molecule has 1 aliphatic rings. The van der Waals surface area contributed by atoms with E-state index in [1.54, 1.807) is 12.1 Å². The topological polar surface area (TPSA) is 84.8 Å². The van der Waals surface area contributed by atoms with Gasteiger partial charge in [-0.15, -0.1) is 0 Å². The molecule has 1 fully saturated rings. The molecule has 1 aromatic rings. The zero-order valence-electron chi connectivity index (χ0n) is 10.8. The highest BCUT2D eigenvalue weighted by Gasteiger charge is 2.11. The molecule has 0 radical (unpaired) electrons. The Morgan fingerprint density at radius 2 is 1.89 bits per heavy atom. The Kier molecular flexibility index (Phi) is 4.33. The second kappa shape index (κ2) is 6.17. The van der Waals surface area contributed by atoms with Crippen molar-refractivity contribution in [2.75, 3.05) is 13.1 Å². The fourth-order valence-electron chi connectivity index (χ4n) is 2.12. The number of nitrogens with two attached hydrogens (primary N) is 1. The van der Waals surface area contributed by atoms with E-state index in [1.165, 1.54) is 18.6 Å². The third kappa shape index (κ3) is 3.67. The largest absolute Gasteiger partial charge is 0.370 e. The number of non-ortho nitro benzene ring substituents is 1. The molecule has 6 nitrogen and oxygen atoms in total. The summed E-state index contributed by atoms with van der Waals surface area (Å²) >= 11 is 0. The third-order valence-electron chi connectivity index (χ3n) is 3.25. The Morgan fingerprint density at radius 3 is 2.47 bits per heavy atom. The van der Waals surface area contributed by atoms with Crippen LogP contribution in [0.25, 0.3) is 0 Å². The highest BCUT2D eigenvalue weighted by atomic mass is 16.6. The summed E-state index contributed by atoms with van der Waals surface area (Å²) in [6.07, 6.45) is 3.58. The van der Waals surface area contributed by atoms with Crippen LogP contribution >= 0.6 is 0 Å². The van der Waals surface area contributed by atoms with Crippen LogP contribution in [0.1, 0.15) is 24.8 Å². The van der Waals surface area contributed by atoms with Gasteiger partial charge < -0.3 is 10.6 Å². The van der Waals surface area contributed by atoms with Gasteiger partial charge in [-0.05, 0) is 24.8 Å². The van der Waals surface area contributed by atoms with Crippen molar-refractivity contribution in [2.45, 2.75) is 25.8 Å². The van der Waals surface area contributed by atoms with Crippen LogP contribution in [-0.2, 0) is 6.54 Å². The normalized spacial score (nSPS) is 16.4. The number of nitro groups is 1. The molecule has 0 saturated carbocycles. The van der Waals surface area contributed by atoms with Gasteiger partial charge in [0, 0.05) is 25.2 Å². The minimum absolute atomic E-state index is 0.0942. The predicted octanol–water partition coefficient (Wildman–Crippen LogP) is 1.90. The number of likely N-dealkylation sites (tertiary alicyclic amines) is 1. The summed E-state index contributed by atoms with van der Waals surface area (Å²) in [7, 11) is 0. The van der Waals surface area contributed by atoms with Crippen molar-refractivity contribution >= 4 is 11.6 Å². The van der Waals surface area contributed by atoms with E-state index >= 15 is 0 Å². The van der Waals surface area contributed by atoms with Crippen LogP contribution in [0.3, 0.4) is 0 Å². The molecular weight excluding hydrogens is 244 g/mol. The summed E-state index contributed by atoms with van der Waals surface area (Å²) in [5.74, 6) is 0.568. The van der Waals surface area contributed by atoms with E-state index in [0.29, 0.717) is 12.5 Å². The zero-order valence-corrected chi connectivity index (χ0v) is 10.8. The van der Waals surface area contributed by atoms with Crippen molar-refractivity contribution in [3.8, 4) is 0 Å². The van der Waals surface area contributed by atoms with Gasteiger partial charge >= 0.3 is 0 Å². The number of benzene rings is 1. The van der Waals surface area contributed by atoms with Crippen LogP contribution in [0.15, 0.2) is 29.3 Å². The van der Waals surface area contributed by atoms with Crippen LogP contribution in [0.2, 0.25) is 0 Å². The van der Waals surface area contributed by atoms with Gasteiger partial charge in [0.05, 0.1) is 11.5 Å². The predicted molar refractivity (Wildman–Crippen MR) is 73.8 cm³/mol. The van der Waals surface area contributed by atoms with Gasteiger partial charge in [-0.25, -0.2) is 4.99 Å². The van der Waals surface area contributed by atoms with E-state index in [4.69, 9.17) is 5.73 Å². The van der Waals surface area contributed by atoms with Crippen LogP contribution in [0, 0.1) is 10.1 Å². The summed E-state index contributed by atoms with van der Waals surface area (Å²) in [5, 5.41) is 10.5. The van der Waals surface area contributed by atoms with Gasteiger partial charge in [0.15, 0.2) is 5.96 Å². The SMILES string of the molecule is NC(=NCc1ccc([N+](=O)[O-])cc1)N1CCCCC1. The lowest BCUT2D eigenvalue weighted by Gasteiger charge is -2.27. The average Bonchev–Trinajstić information content (AvgIpc) is 2.46. The first kappa shape index (κ1) is 13.3.